The van der Waals surface area contributed by atoms with Crippen LogP contribution in [0, 0.1) is 0 Å². The van der Waals surface area contributed by atoms with Crippen LogP contribution in [-0.2, 0) is 9.47 Å². The number of rotatable bonds is 1. The van der Waals surface area contributed by atoms with Gasteiger partial charge in [-0.2, -0.15) is 0 Å². The number of aliphatic hydroxyl groups is 2. The number of hydrogen-bond acceptors (Lipinski definition) is 4. The van der Waals surface area contributed by atoms with Gasteiger partial charge in [-0.25, -0.2) is 0 Å². The molecule has 2 fully saturated rings. The Morgan fingerprint density at radius 2 is 1.79 bits per heavy atom. The lowest BCUT2D eigenvalue weighted by atomic mass is 10.1. The van der Waals surface area contributed by atoms with E-state index < -0.39 is 12.4 Å². The molecule has 2 rings (SSSR count). The van der Waals surface area contributed by atoms with Gasteiger partial charge in [0.1, 0.15) is 18.3 Å². The molecule has 5 atom stereocenters. The molecule has 2 saturated heterocycles. The second-order valence-electron chi connectivity index (χ2n) is 4.96. The minimum atomic E-state index is -0.847. The van der Waals surface area contributed by atoms with Crippen molar-refractivity contribution in [2.75, 3.05) is 27.7 Å². The highest BCUT2D eigenvalue weighted by molar-refractivity contribution is 4.96. The van der Waals surface area contributed by atoms with Crippen molar-refractivity contribution in [3.8, 4) is 0 Å². The van der Waals surface area contributed by atoms with Crippen LogP contribution in [0.1, 0.15) is 0 Å². The topological polar surface area (TPSA) is 58.9 Å². The Balaban J connectivity index is 2.19. The fraction of sp³-hybridized carbons (Fsp3) is 1.00. The Morgan fingerprint density at radius 1 is 1.14 bits per heavy atom. The van der Waals surface area contributed by atoms with Gasteiger partial charge < -0.3 is 24.2 Å². The third-order valence-corrected chi connectivity index (χ3v) is 2.98. The van der Waals surface area contributed by atoms with Gasteiger partial charge in [0.15, 0.2) is 6.04 Å². The van der Waals surface area contributed by atoms with Crippen LogP contribution in [-0.4, -0.2) is 73.1 Å². The van der Waals surface area contributed by atoms with Crippen molar-refractivity contribution in [2.24, 2.45) is 0 Å². The molecule has 14 heavy (non-hydrogen) atoms. The average Bonchev–Trinajstić information content (AvgIpc) is 2.49. The Morgan fingerprint density at radius 3 is 2.36 bits per heavy atom. The maximum Gasteiger partial charge on any atom is 0.211 e. The van der Waals surface area contributed by atoms with Crippen LogP contribution in [0.25, 0.3) is 0 Å². The van der Waals surface area contributed by atoms with E-state index in [1.165, 1.54) is 0 Å². The van der Waals surface area contributed by atoms with Gasteiger partial charge in [-0.05, 0) is 0 Å². The first-order valence-corrected chi connectivity index (χ1v) is 4.85. The van der Waals surface area contributed by atoms with Gasteiger partial charge >= 0.3 is 0 Å². The molecule has 0 aromatic heterocycles. The van der Waals surface area contributed by atoms with Gasteiger partial charge in [-0.1, -0.05) is 0 Å². The first-order chi connectivity index (χ1) is 6.41. The third kappa shape index (κ3) is 1.45. The predicted molar refractivity (Wildman–Crippen MR) is 48.4 cm³/mol. The highest BCUT2D eigenvalue weighted by Gasteiger charge is 2.57. The summed E-state index contributed by atoms with van der Waals surface area (Å²) in [4.78, 5) is 0. The molecule has 0 bridgehead atoms. The van der Waals surface area contributed by atoms with Crippen molar-refractivity contribution >= 4 is 0 Å². The monoisotopic (exact) mass is 204 g/mol. The Hall–Kier alpha value is -0.200. The first kappa shape index (κ1) is 10.3. The molecule has 5 nitrogen and oxygen atoms in total. The van der Waals surface area contributed by atoms with Crippen molar-refractivity contribution in [3.63, 3.8) is 0 Å². The fourth-order valence-electron chi connectivity index (χ4n) is 2.31. The molecule has 0 unspecified atom stereocenters. The largest absolute Gasteiger partial charge is 0.388 e. The Bertz CT molecular complexity index is 227. The minimum Gasteiger partial charge on any atom is -0.388 e. The van der Waals surface area contributed by atoms with E-state index >= 15 is 0 Å². The highest BCUT2D eigenvalue weighted by Crippen LogP contribution is 2.34. The number of quaternary nitrogens is 1. The molecule has 2 aliphatic heterocycles. The zero-order chi connectivity index (χ0) is 10.5. The summed E-state index contributed by atoms with van der Waals surface area (Å²) in [6.45, 7) is 0.304. The molecule has 2 aliphatic rings. The second kappa shape index (κ2) is 3.15. The molecule has 0 saturated carbocycles. The fourth-order valence-corrected chi connectivity index (χ4v) is 2.31. The maximum atomic E-state index is 9.72. The smallest absolute Gasteiger partial charge is 0.211 e. The lowest BCUT2D eigenvalue weighted by Crippen LogP contribution is -2.55. The first-order valence-electron chi connectivity index (χ1n) is 4.85. The zero-order valence-corrected chi connectivity index (χ0v) is 8.75. The molecule has 82 valence electrons. The molecule has 0 aromatic carbocycles. The Labute approximate surface area is 83.4 Å². The van der Waals surface area contributed by atoms with Gasteiger partial charge in [0.05, 0.1) is 27.7 Å². The minimum absolute atomic E-state index is 0.128. The summed E-state index contributed by atoms with van der Waals surface area (Å²) in [5.74, 6) is 0. The van der Waals surface area contributed by atoms with Crippen LogP contribution in [0.15, 0.2) is 0 Å². The number of likely N-dealkylation sites (N-methyl/N-ethyl adjacent to an activating group) is 1. The lowest BCUT2D eigenvalue weighted by molar-refractivity contribution is -0.903. The maximum absolute atomic E-state index is 9.72. The summed E-state index contributed by atoms with van der Waals surface area (Å²) >= 11 is 0. The second-order valence-corrected chi connectivity index (χ2v) is 4.96. The van der Waals surface area contributed by atoms with Crippen LogP contribution in [0.5, 0.6) is 0 Å². The standard InChI is InChI=1S/C9H18NO4/c1-10(2,3)6-8-7(14-9(6)12)5(11)4-13-8/h5-9,11-12H,4H2,1-3H3/q+1/t5-,6-,7-,8-,9+/m1/s1. The number of hydrogen-bond donors (Lipinski definition) is 2. The van der Waals surface area contributed by atoms with Crippen molar-refractivity contribution in [3.05, 3.63) is 0 Å². The van der Waals surface area contributed by atoms with Gasteiger partial charge in [0.2, 0.25) is 6.29 Å². The van der Waals surface area contributed by atoms with E-state index in [0.29, 0.717) is 11.1 Å². The summed E-state index contributed by atoms with van der Waals surface area (Å²) in [7, 11) is 5.94. The molecule has 0 amide bonds. The molecule has 0 aliphatic carbocycles. The van der Waals surface area contributed by atoms with E-state index in [1.54, 1.807) is 0 Å². The molecule has 0 aromatic rings. The van der Waals surface area contributed by atoms with E-state index in [1.807, 2.05) is 21.1 Å². The van der Waals surface area contributed by atoms with Crippen LogP contribution < -0.4 is 0 Å². The average molecular weight is 204 g/mol. The summed E-state index contributed by atoms with van der Waals surface area (Å²) in [6.07, 6.45) is -2.02. The number of fused-ring (bicyclic) bond motifs is 1. The zero-order valence-electron chi connectivity index (χ0n) is 8.75. The van der Waals surface area contributed by atoms with Crippen LogP contribution >= 0.6 is 0 Å². The van der Waals surface area contributed by atoms with Crippen LogP contribution in [0.4, 0.5) is 0 Å². The van der Waals surface area contributed by atoms with E-state index in [0.717, 1.165) is 0 Å². The Kier molecular flexibility index (Phi) is 2.32. The predicted octanol–water partition coefficient (Wildman–Crippen LogP) is -1.46. The van der Waals surface area contributed by atoms with Gasteiger partial charge in [0.25, 0.3) is 0 Å². The summed E-state index contributed by atoms with van der Waals surface area (Å²) in [5, 5.41) is 19.3. The summed E-state index contributed by atoms with van der Waals surface area (Å²) in [5.41, 5.74) is 0. The van der Waals surface area contributed by atoms with E-state index in [-0.39, 0.29) is 18.2 Å². The van der Waals surface area contributed by atoms with Gasteiger partial charge in [0, 0.05) is 0 Å². The van der Waals surface area contributed by atoms with E-state index in [2.05, 4.69) is 0 Å². The van der Waals surface area contributed by atoms with Crippen LogP contribution in [0.2, 0.25) is 0 Å². The quantitative estimate of drug-likeness (QED) is 0.512. The number of ether oxygens (including phenoxy) is 2. The SMILES string of the molecule is C[N+](C)(C)[C@@H]1[C@H]2OC[C@@H](O)[C@H]2O[C@@H]1O. The molecule has 5 heteroatoms. The normalized spacial score (nSPS) is 48.2. The molecular weight excluding hydrogens is 186 g/mol. The number of aliphatic hydroxyl groups excluding tert-OH is 2. The van der Waals surface area contributed by atoms with E-state index in [9.17, 15) is 10.2 Å². The van der Waals surface area contributed by atoms with E-state index in [4.69, 9.17) is 9.47 Å². The number of nitrogens with zero attached hydrogens (tertiary/aromatic N) is 1. The summed E-state index contributed by atoms with van der Waals surface area (Å²) < 4.78 is 11.3. The highest BCUT2D eigenvalue weighted by atomic mass is 16.7. The third-order valence-electron chi connectivity index (χ3n) is 2.98. The molecule has 0 spiro atoms. The van der Waals surface area contributed by atoms with Crippen molar-refractivity contribution in [2.45, 2.75) is 30.6 Å². The molecule has 2 heterocycles. The van der Waals surface area contributed by atoms with Gasteiger partial charge in [-0.3, -0.25) is 0 Å². The van der Waals surface area contributed by atoms with Crippen LogP contribution in [0.3, 0.4) is 0 Å². The lowest BCUT2D eigenvalue weighted by Gasteiger charge is -2.34. The molecular formula is C9H18NO4+. The summed E-state index contributed by atoms with van der Waals surface area (Å²) in [6, 6.07) is -0.128. The van der Waals surface area contributed by atoms with Gasteiger partial charge in [-0.15, -0.1) is 0 Å². The molecule has 0 radical (unpaired) electrons. The van der Waals surface area contributed by atoms with Crippen molar-refractivity contribution in [1.29, 1.82) is 0 Å². The van der Waals surface area contributed by atoms with Crippen molar-refractivity contribution in [1.82, 2.24) is 0 Å². The van der Waals surface area contributed by atoms with Crippen molar-refractivity contribution < 1.29 is 24.2 Å². The molecule has 2 N–H and O–H groups in total.